The van der Waals surface area contributed by atoms with E-state index in [1.165, 1.54) is 12.0 Å². The van der Waals surface area contributed by atoms with Gasteiger partial charge in [-0.1, -0.05) is 32.4 Å². The molecule has 15 nitrogen and oxygen atoms in total. The topological polar surface area (TPSA) is 192 Å². The molecular weight excluding hydrogens is 855 g/mol. The zero-order valence-corrected chi connectivity index (χ0v) is 36.8. The number of allylic oxidation sites excluding steroid dienone is 1. The van der Waals surface area contributed by atoms with Crippen LogP contribution in [0.25, 0.3) is 10.8 Å². The lowest BCUT2D eigenvalue weighted by Crippen LogP contribution is -2.60. The minimum atomic E-state index is -4.94. The van der Waals surface area contributed by atoms with Gasteiger partial charge in [0.25, 0.3) is 5.91 Å². The number of carbonyl (C=O) groups is 4. The van der Waals surface area contributed by atoms with Crippen LogP contribution in [0.5, 0.6) is 17.5 Å². The maximum Gasteiger partial charge on any atom is 0.427 e. The summed E-state index contributed by atoms with van der Waals surface area (Å²) in [5.74, 6) is -3.01. The Balaban J connectivity index is 1.26. The number of carbonyl (C=O) groups excluding carboxylic acids is 4. The summed E-state index contributed by atoms with van der Waals surface area (Å²) in [5, 5.41) is 6.53. The number of fused-ring (bicyclic) bond motifs is 5. The first-order valence-electron chi connectivity index (χ1n) is 21.5. The van der Waals surface area contributed by atoms with Crippen molar-refractivity contribution in [1.82, 2.24) is 25.2 Å². The van der Waals surface area contributed by atoms with Gasteiger partial charge < -0.3 is 34.5 Å². The number of methoxy groups -OCH3 is 1. The van der Waals surface area contributed by atoms with Crippen LogP contribution in [0.4, 0.5) is 22.4 Å². The van der Waals surface area contributed by atoms with Gasteiger partial charge >= 0.3 is 12.3 Å². The highest BCUT2D eigenvalue weighted by Gasteiger charge is 2.64. The van der Waals surface area contributed by atoms with E-state index in [4.69, 9.17) is 23.9 Å². The number of alkyl halides is 4. The van der Waals surface area contributed by atoms with Gasteiger partial charge in [0.05, 0.1) is 20.3 Å². The minimum absolute atomic E-state index is 0.00673. The van der Waals surface area contributed by atoms with Gasteiger partial charge in [-0.2, -0.15) is 18.2 Å². The normalized spacial score (nSPS) is 28.5. The number of aryl methyl sites for hydroxylation is 1. The Morgan fingerprint density at radius 3 is 2.54 bits per heavy atom. The van der Waals surface area contributed by atoms with Gasteiger partial charge in [0.1, 0.15) is 40.9 Å². The summed E-state index contributed by atoms with van der Waals surface area (Å²) in [4.78, 5) is 63.0. The van der Waals surface area contributed by atoms with Crippen LogP contribution in [0.15, 0.2) is 30.4 Å². The number of nitrogens with one attached hydrogen (secondary N) is 3. The lowest BCUT2D eigenvalue weighted by atomic mass is 9.85. The highest BCUT2D eigenvalue weighted by Crippen LogP contribution is 2.48. The average molecular weight is 910 g/mol. The van der Waals surface area contributed by atoms with E-state index in [-0.39, 0.29) is 44.0 Å². The lowest BCUT2D eigenvalue weighted by Gasteiger charge is -2.35. The molecular formula is C43H55F4N5O10S. The molecule has 3 fully saturated rings. The van der Waals surface area contributed by atoms with E-state index in [2.05, 4.69) is 10.6 Å². The Morgan fingerprint density at radius 1 is 1.13 bits per heavy atom. The number of alkyl carbamates (subject to hydrolysis) is 1. The largest absolute Gasteiger partial charge is 0.497 e. The van der Waals surface area contributed by atoms with Gasteiger partial charge in [0.2, 0.25) is 39.2 Å². The summed E-state index contributed by atoms with van der Waals surface area (Å²) in [6, 6.07) is 2.46. The molecule has 2 aromatic rings. The van der Waals surface area contributed by atoms with Crippen LogP contribution in [0.1, 0.15) is 91.0 Å². The van der Waals surface area contributed by atoms with Gasteiger partial charge in [-0.25, -0.2) is 17.6 Å². The van der Waals surface area contributed by atoms with Crippen LogP contribution in [0.2, 0.25) is 0 Å². The van der Waals surface area contributed by atoms with Crippen molar-refractivity contribution in [2.24, 2.45) is 17.8 Å². The Bertz CT molecular complexity index is 2270. The first kappa shape index (κ1) is 46.1. The number of hydrogen-bond acceptors (Lipinski definition) is 11. The molecule has 20 heteroatoms. The van der Waals surface area contributed by atoms with E-state index in [0.717, 1.165) is 17.4 Å². The van der Waals surface area contributed by atoms with Crippen LogP contribution in [-0.4, -0.2) is 109 Å². The summed E-state index contributed by atoms with van der Waals surface area (Å²) < 4.78 is 105. The van der Waals surface area contributed by atoms with Crippen molar-refractivity contribution < 1.29 is 64.1 Å². The van der Waals surface area contributed by atoms with E-state index in [9.17, 15) is 40.4 Å². The van der Waals surface area contributed by atoms with E-state index in [1.54, 1.807) is 25.1 Å². The molecule has 0 radical (unpaired) electrons. The number of benzene rings is 1. The van der Waals surface area contributed by atoms with Crippen molar-refractivity contribution in [2.75, 3.05) is 26.9 Å². The smallest absolute Gasteiger partial charge is 0.427 e. The number of nitrogens with zero attached hydrogens (tertiary/aromatic N) is 2. The second-order valence-electron chi connectivity index (χ2n) is 18.1. The summed E-state index contributed by atoms with van der Waals surface area (Å²) in [5.41, 5.74) is -3.85. The Labute approximate surface area is 363 Å². The fraction of sp³-hybridized carbons (Fsp3) is 0.651. The van der Waals surface area contributed by atoms with Crippen molar-refractivity contribution in [3.05, 3.63) is 35.9 Å². The van der Waals surface area contributed by atoms with E-state index >= 15 is 4.79 Å². The van der Waals surface area contributed by atoms with E-state index in [0.29, 0.717) is 69.6 Å². The first-order valence-corrected chi connectivity index (χ1v) is 22.9. The fourth-order valence-corrected chi connectivity index (χ4v) is 10.3. The van der Waals surface area contributed by atoms with Crippen molar-refractivity contribution in [3.8, 4) is 17.5 Å². The van der Waals surface area contributed by atoms with Crippen molar-refractivity contribution in [1.29, 1.82) is 0 Å². The molecule has 3 aliphatic heterocycles. The van der Waals surface area contributed by atoms with Crippen LogP contribution in [0.3, 0.4) is 0 Å². The molecule has 0 bridgehead atoms. The molecule has 4 amide bonds. The molecule has 0 spiro atoms. The van der Waals surface area contributed by atoms with Crippen molar-refractivity contribution in [2.45, 2.75) is 132 Å². The molecule has 1 aromatic heterocycles. The zero-order chi connectivity index (χ0) is 45.7. The van der Waals surface area contributed by atoms with Gasteiger partial charge in [0, 0.05) is 23.3 Å². The molecule has 2 saturated carbocycles. The van der Waals surface area contributed by atoms with Crippen LogP contribution in [-0.2, 0) is 35.6 Å². The van der Waals surface area contributed by atoms with Crippen LogP contribution >= 0.6 is 0 Å². The number of halogens is 4. The lowest BCUT2D eigenvalue weighted by molar-refractivity contribution is -0.244. The van der Waals surface area contributed by atoms with Gasteiger partial charge in [-0.15, -0.1) is 0 Å². The molecule has 4 heterocycles. The van der Waals surface area contributed by atoms with E-state index < -0.39 is 92.6 Å². The Morgan fingerprint density at radius 2 is 1.87 bits per heavy atom. The average Bonchev–Trinajstić information content (AvgIpc) is 4.14. The highest BCUT2D eigenvalue weighted by atomic mass is 32.2. The SMILES string of the molecule is CCC1CC(C)CCC=CC2CC2(C(=O)NS(=O)(=O)C2(CF)CC2)NC(=O)C2CC(Oc3nc4c(c5cc(OC)ccc35)CCCO4)CN2C(=O)C1NC(=O)OC(C)(C)C(F)(F)F. The van der Waals surface area contributed by atoms with E-state index in [1.807, 2.05) is 23.8 Å². The number of ether oxygens (including phenoxy) is 4. The number of hydrogen-bond donors (Lipinski definition) is 3. The predicted molar refractivity (Wildman–Crippen MR) is 220 cm³/mol. The summed E-state index contributed by atoms with van der Waals surface area (Å²) >= 11 is 0. The second kappa shape index (κ2) is 17.3. The monoisotopic (exact) mass is 909 g/mol. The number of amides is 4. The molecule has 1 saturated heterocycles. The molecule has 5 aliphatic rings. The maximum atomic E-state index is 15.0. The fourth-order valence-electron chi connectivity index (χ4n) is 8.86. The number of rotatable bonds is 10. The molecule has 7 unspecified atom stereocenters. The predicted octanol–water partition coefficient (Wildman–Crippen LogP) is 5.58. The Hall–Kier alpha value is -4.88. The van der Waals surface area contributed by atoms with Crippen molar-refractivity contribution in [3.63, 3.8) is 0 Å². The molecule has 63 heavy (non-hydrogen) atoms. The number of sulfonamides is 1. The second-order valence-corrected chi connectivity index (χ2v) is 20.2. The molecule has 1 aromatic carbocycles. The summed E-state index contributed by atoms with van der Waals surface area (Å²) in [6.45, 7) is 4.04. The minimum Gasteiger partial charge on any atom is -0.497 e. The molecule has 3 N–H and O–H groups in total. The molecule has 2 aliphatic carbocycles. The van der Waals surface area contributed by atoms with Crippen LogP contribution < -0.4 is 29.6 Å². The van der Waals surface area contributed by atoms with Crippen LogP contribution in [0, 0.1) is 17.8 Å². The molecule has 346 valence electrons. The quantitative estimate of drug-likeness (QED) is 0.199. The summed E-state index contributed by atoms with van der Waals surface area (Å²) in [7, 11) is -2.95. The molecule has 7 atom stereocenters. The van der Waals surface area contributed by atoms with Crippen molar-refractivity contribution >= 4 is 44.6 Å². The first-order chi connectivity index (χ1) is 29.7. The van der Waals surface area contributed by atoms with Gasteiger partial charge in [-0.3, -0.25) is 19.1 Å². The third-order valence-electron chi connectivity index (χ3n) is 13.3. The Kier molecular flexibility index (Phi) is 12.6. The third-order valence-corrected chi connectivity index (χ3v) is 15.4. The third kappa shape index (κ3) is 9.10. The highest BCUT2D eigenvalue weighted by molar-refractivity contribution is 7.91. The number of aromatic nitrogens is 1. The standard InChI is InChI=1S/C43H55F4N5O10S/c1-6-25-18-24(2)10-7-8-11-26-21-42(26,38(55)51-63(57,58)41(23-44)15-16-41)50-34(53)32-20-28(22-52(32)37(54)33(25)48-39(56)62-40(3,4)43(45,46)47)61-36-30-14-13-27(59-5)19-31(30)29-12-9-17-60-35(29)49-36/h8,11,13-14,19,24-26,28,32-33H,6-7,9-10,12,15-18,20-23H2,1-5H3,(H,48,56)(H,50,53)(H,51,55). The maximum absolute atomic E-state index is 15.0. The van der Waals surface area contributed by atoms with Gasteiger partial charge in [-0.05, 0) is 101 Å². The van der Waals surface area contributed by atoms with Gasteiger partial charge in [0.15, 0.2) is 0 Å². The summed E-state index contributed by atoms with van der Waals surface area (Å²) in [6.07, 6.45) is -0.794. The molecule has 7 rings (SSSR count). The number of pyridine rings is 1. The zero-order valence-electron chi connectivity index (χ0n) is 35.9.